The molecule has 118 valence electrons. The standard InChI is InChI=1S/C15H17N3O3.ClH/c1-10-2-3-11(8-12(10)15-17-5-7-21-15)18-14(19)13-9-16-4-6-20-13;/h2-3,5,7-8,13,16H,4,6,9H2,1H3,(H,18,19);1H. The second-order valence-electron chi connectivity index (χ2n) is 4.92. The molecule has 1 aromatic carbocycles. The predicted molar refractivity (Wildman–Crippen MR) is 85.2 cm³/mol. The predicted octanol–water partition coefficient (Wildman–Crippen LogP) is 2.00. The highest BCUT2D eigenvalue weighted by atomic mass is 35.5. The summed E-state index contributed by atoms with van der Waals surface area (Å²) in [5.41, 5.74) is 2.60. The lowest BCUT2D eigenvalue weighted by Gasteiger charge is -2.22. The van der Waals surface area contributed by atoms with E-state index in [4.69, 9.17) is 9.15 Å². The SMILES string of the molecule is Cc1ccc(NC(=O)C2CNCCO2)cc1-c1ncco1.Cl. The van der Waals surface area contributed by atoms with E-state index >= 15 is 0 Å². The van der Waals surface area contributed by atoms with Crippen LogP contribution in [0.2, 0.25) is 0 Å². The molecule has 1 aromatic heterocycles. The first-order chi connectivity index (χ1) is 10.2. The number of aryl methyl sites for hydroxylation is 1. The van der Waals surface area contributed by atoms with Crippen LogP contribution in [0.4, 0.5) is 5.69 Å². The fraction of sp³-hybridized carbons (Fsp3) is 0.333. The van der Waals surface area contributed by atoms with Crippen molar-refractivity contribution in [3.8, 4) is 11.5 Å². The summed E-state index contributed by atoms with van der Waals surface area (Å²) in [6, 6.07) is 5.64. The molecular formula is C15H18ClN3O3. The Kier molecular flexibility index (Phi) is 5.54. The Hall–Kier alpha value is -1.89. The zero-order chi connectivity index (χ0) is 14.7. The number of nitrogens with one attached hydrogen (secondary N) is 2. The second kappa shape index (κ2) is 7.40. The summed E-state index contributed by atoms with van der Waals surface area (Å²) in [4.78, 5) is 16.3. The molecule has 1 atom stereocenters. The van der Waals surface area contributed by atoms with Gasteiger partial charge in [-0.25, -0.2) is 4.98 Å². The number of aromatic nitrogens is 1. The molecule has 1 fully saturated rings. The quantitative estimate of drug-likeness (QED) is 0.903. The molecule has 22 heavy (non-hydrogen) atoms. The first kappa shape index (κ1) is 16.5. The number of rotatable bonds is 3. The second-order valence-corrected chi connectivity index (χ2v) is 4.92. The third kappa shape index (κ3) is 3.65. The van der Waals surface area contributed by atoms with Crippen molar-refractivity contribution < 1.29 is 13.9 Å². The lowest BCUT2D eigenvalue weighted by Crippen LogP contribution is -2.45. The van der Waals surface area contributed by atoms with E-state index in [0.717, 1.165) is 17.7 Å². The zero-order valence-corrected chi connectivity index (χ0v) is 13.0. The van der Waals surface area contributed by atoms with E-state index in [1.165, 1.54) is 6.26 Å². The van der Waals surface area contributed by atoms with Gasteiger partial charge >= 0.3 is 0 Å². The Morgan fingerprint density at radius 1 is 1.45 bits per heavy atom. The van der Waals surface area contributed by atoms with Gasteiger partial charge in [0.25, 0.3) is 5.91 Å². The molecule has 2 aromatic rings. The summed E-state index contributed by atoms with van der Waals surface area (Å²) >= 11 is 0. The molecule has 3 rings (SSSR count). The number of morpholine rings is 1. The number of carbonyl (C=O) groups is 1. The van der Waals surface area contributed by atoms with Crippen LogP contribution in [-0.4, -0.2) is 36.7 Å². The van der Waals surface area contributed by atoms with Crippen LogP contribution in [0.25, 0.3) is 11.5 Å². The summed E-state index contributed by atoms with van der Waals surface area (Å²) in [6.45, 7) is 3.83. The van der Waals surface area contributed by atoms with Crippen LogP contribution in [0.1, 0.15) is 5.56 Å². The topological polar surface area (TPSA) is 76.4 Å². The average Bonchev–Trinajstić information content (AvgIpc) is 3.04. The van der Waals surface area contributed by atoms with E-state index in [0.29, 0.717) is 24.7 Å². The maximum absolute atomic E-state index is 12.1. The van der Waals surface area contributed by atoms with Gasteiger partial charge < -0.3 is 19.8 Å². The van der Waals surface area contributed by atoms with Gasteiger partial charge in [-0.05, 0) is 24.6 Å². The third-order valence-corrected chi connectivity index (χ3v) is 3.39. The van der Waals surface area contributed by atoms with Crippen molar-refractivity contribution in [3.05, 3.63) is 36.2 Å². The van der Waals surface area contributed by atoms with Crippen molar-refractivity contribution in [2.45, 2.75) is 13.0 Å². The minimum atomic E-state index is -0.453. The maximum Gasteiger partial charge on any atom is 0.254 e. The minimum Gasteiger partial charge on any atom is -0.445 e. The Morgan fingerprint density at radius 3 is 3.00 bits per heavy atom. The number of hydrogen-bond donors (Lipinski definition) is 2. The highest BCUT2D eigenvalue weighted by molar-refractivity contribution is 5.95. The molecule has 2 N–H and O–H groups in total. The van der Waals surface area contributed by atoms with Gasteiger partial charge in [0, 0.05) is 24.3 Å². The van der Waals surface area contributed by atoms with Crippen molar-refractivity contribution in [2.75, 3.05) is 25.0 Å². The van der Waals surface area contributed by atoms with Gasteiger partial charge in [0.15, 0.2) is 0 Å². The number of amides is 1. The number of hydrogen-bond acceptors (Lipinski definition) is 5. The highest BCUT2D eigenvalue weighted by Crippen LogP contribution is 2.25. The van der Waals surface area contributed by atoms with Crippen molar-refractivity contribution in [1.82, 2.24) is 10.3 Å². The van der Waals surface area contributed by atoms with Crippen LogP contribution >= 0.6 is 12.4 Å². The molecule has 0 bridgehead atoms. The molecule has 0 spiro atoms. The molecule has 2 heterocycles. The summed E-state index contributed by atoms with van der Waals surface area (Å²) in [6.07, 6.45) is 2.67. The van der Waals surface area contributed by atoms with E-state index < -0.39 is 6.10 Å². The van der Waals surface area contributed by atoms with E-state index in [9.17, 15) is 4.79 Å². The van der Waals surface area contributed by atoms with Crippen LogP contribution in [0.15, 0.2) is 35.1 Å². The first-order valence-corrected chi connectivity index (χ1v) is 6.88. The van der Waals surface area contributed by atoms with E-state index in [-0.39, 0.29) is 18.3 Å². The average molecular weight is 324 g/mol. The van der Waals surface area contributed by atoms with Crippen molar-refractivity contribution >= 4 is 24.0 Å². The number of anilines is 1. The van der Waals surface area contributed by atoms with Crippen LogP contribution < -0.4 is 10.6 Å². The zero-order valence-electron chi connectivity index (χ0n) is 12.2. The lowest BCUT2D eigenvalue weighted by atomic mass is 10.1. The van der Waals surface area contributed by atoms with Crippen molar-refractivity contribution in [3.63, 3.8) is 0 Å². The van der Waals surface area contributed by atoms with Crippen LogP contribution in [0.3, 0.4) is 0 Å². The molecule has 6 nitrogen and oxygen atoms in total. The van der Waals surface area contributed by atoms with Gasteiger partial charge in [0.05, 0.1) is 12.8 Å². The summed E-state index contributed by atoms with van der Waals surface area (Å²) in [5.74, 6) is 0.392. The van der Waals surface area contributed by atoms with E-state index in [2.05, 4.69) is 15.6 Å². The third-order valence-electron chi connectivity index (χ3n) is 3.39. The minimum absolute atomic E-state index is 0. The molecule has 0 saturated carbocycles. The molecule has 1 unspecified atom stereocenters. The molecule has 7 heteroatoms. The molecule has 0 aliphatic carbocycles. The van der Waals surface area contributed by atoms with Gasteiger partial charge in [0.1, 0.15) is 12.4 Å². The van der Waals surface area contributed by atoms with Gasteiger partial charge in [0.2, 0.25) is 5.89 Å². The van der Waals surface area contributed by atoms with E-state index in [1.54, 1.807) is 6.20 Å². The molecule has 1 amide bonds. The van der Waals surface area contributed by atoms with Crippen molar-refractivity contribution in [1.29, 1.82) is 0 Å². The van der Waals surface area contributed by atoms with Crippen LogP contribution in [0, 0.1) is 6.92 Å². The Balaban J connectivity index is 0.00000176. The molecular weight excluding hydrogens is 306 g/mol. The number of oxazole rings is 1. The summed E-state index contributed by atoms with van der Waals surface area (Å²) in [7, 11) is 0. The monoisotopic (exact) mass is 323 g/mol. The molecule has 1 saturated heterocycles. The fourth-order valence-electron chi connectivity index (χ4n) is 2.24. The molecule has 1 aliphatic rings. The number of carbonyl (C=O) groups excluding carboxylic acids is 1. The van der Waals surface area contributed by atoms with Crippen molar-refractivity contribution in [2.24, 2.45) is 0 Å². The summed E-state index contributed by atoms with van der Waals surface area (Å²) < 4.78 is 10.8. The normalized spacial score (nSPS) is 17.6. The van der Waals surface area contributed by atoms with Gasteiger partial charge in [-0.3, -0.25) is 4.79 Å². The smallest absolute Gasteiger partial charge is 0.254 e. The lowest BCUT2D eigenvalue weighted by molar-refractivity contribution is -0.128. The molecule has 0 radical (unpaired) electrons. The van der Waals surface area contributed by atoms with Gasteiger partial charge in [-0.15, -0.1) is 12.4 Å². The number of benzene rings is 1. The highest BCUT2D eigenvalue weighted by Gasteiger charge is 2.22. The van der Waals surface area contributed by atoms with E-state index in [1.807, 2.05) is 25.1 Å². The molecule has 1 aliphatic heterocycles. The first-order valence-electron chi connectivity index (χ1n) is 6.88. The summed E-state index contributed by atoms with van der Waals surface area (Å²) in [5, 5.41) is 6.00. The number of ether oxygens (including phenoxy) is 1. The van der Waals surface area contributed by atoms with Crippen LogP contribution in [0.5, 0.6) is 0 Å². The fourth-order valence-corrected chi connectivity index (χ4v) is 2.24. The Morgan fingerprint density at radius 2 is 2.32 bits per heavy atom. The largest absolute Gasteiger partial charge is 0.445 e. The Bertz CT molecular complexity index is 625. The number of nitrogens with zero attached hydrogens (tertiary/aromatic N) is 1. The maximum atomic E-state index is 12.1. The van der Waals surface area contributed by atoms with Crippen LogP contribution in [-0.2, 0) is 9.53 Å². The van der Waals surface area contributed by atoms with Gasteiger partial charge in [-0.2, -0.15) is 0 Å². The van der Waals surface area contributed by atoms with Gasteiger partial charge in [-0.1, -0.05) is 6.07 Å². The Labute approximate surface area is 134 Å². The number of halogens is 1.